The predicted molar refractivity (Wildman–Crippen MR) is 110 cm³/mol. The van der Waals surface area contributed by atoms with Crippen molar-refractivity contribution >= 4 is 27.5 Å². The Hall–Kier alpha value is -2.50. The van der Waals surface area contributed by atoms with E-state index in [9.17, 15) is 26.4 Å². The molecule has 2 aromatic carbocycles. The van der Waals surface area contributed by atoms with E-state index in [0.29, 0.717) is 37.2 Å². The van der Waals surface area contributed by atoms with Gasteiger partial charge in [-0.25, -0.2) is 8.42 Å². The van der Waals surface area contributed by atoms with Gasteiger partial charge in [0.2, 0.25) is 15.9 Å². The van der Waals surface area contributed by atoms with Crippen LogP contribution in [0.5, 0.6) is 11.5 Å². The molecule has 0 fully saturated rings. The summed E-state index contributed by atoms with van der Waals surface area (Å²) in [6.07, 6.45) is -4.37. The molecule has 3 rings (SSSR count). The maximum atomic E-state index is 13.0. The Morgan fingerprint density at radius 1 is 1.12 bits per heavy atom. The Morgan fingerprint density at radius 3 is 2.50 bits per heavy atom. The van der Waals surface area contributed by atoms with E-state index in [2.05, 4.69) is 10.0 Å². The molecule has 0 bridgehead atoms. The summed E-state index contributed by atoms with van der Waals surface area (Å²) in [7, 11) is -4.39. The molecule has 1 aliphatic heterocycles. The lowest BCUT2D eigenvalue weighted by atomic mass is 10.1. The quantitative estimate of drug-likeness (QED) is 0.619. The van der Waals surface area contributed by atoms with E-state index in [4.69, 9.17) is 21.1 Å². The van der Waals surface area contributed by atoms with Gasteiger partial charge in [-0.3, -0.25) is 4.79 Å². The molecule has 1 atom stereocenters. The molecular formula is C20H20ClF3N2O5S. The van der Waals surface area contributed by atoms with E-state index in [1.54, 1.807) is 12.1 Å². The van der Waals surface area contributed by atoms with Crippen molar-refractivity contribution in [2.45, 2.75) is 30.5 Å². The van der Waals surface area contributed by atoms with Gasteiger partial charge in [0.25, 0.3) is 0 Å². The van der Waals surface area contributed by atoms with Gasteiger partial charge >= 0.3 is 6.18 Å². The fourth-order valence-corrected chi connectivity index (χ4v) is 4.42. The topological polar surface area (TPSA) is 93.7 Å². The Bertz CT molecular complexity index is 1110. The first kappa shape index (κ1) is 24.1. The number of rotatable bonds is 7. The molecule has 12 heteroatoms. The first-order valence-corrected chi connectivity index (χ1v) is 11.4. The summed E-state index contributed by atoms with van der Waals surface area (Å²) in [6, 6.07) is 6.38. The van der Waals surface area contributed by atoms with Crippen molar-refractivity contribution in [1.82, 2.24) is 10.0 Å². The van der Waals surface area contributed by atoms with Crippen molar-refractivity contribution in [1.29, 1.82) is 0 Å². The van der Waals surface area contributed by atoms with Gasteiger partial charge in [-0.15, -0.1) is 0 Å². The fourth-order valence-electron chi connectivity index (χ4n) is 2.97. The average Bonchev–Trinajstić information content (AvgIpc) is 2.72. The van der Waals surface area contributed by atoms with Crippen LogP contribution in [0.4, 0.5) is 13.2 Å². The van der Waals surface area contributed by atoms with Gasteiger partial charge in [0.15, 0.2) is 11.5 Å². The monoisotopic (exact) mass is 492 g/mol. The third kappa shape index (κ3) is 5.84. The molecule has 0 radical (unpaired) electrons. The molecule has 1 amide bonds. The molecule has 0 aliphatic carbocycles. The van der Waals surface area contributed by atoms with Crippen LogP contribution in [0.15, 0.2) is 41.3 Å². The van der Waals surface area contributed by atoms with Crippen molar-refractivity contribution in [3.8, 4) is 11.5 Å². The average molecular weight is 493 g/mol. The van der Waals surface area contributed by atoms with Crippen molar-refractivity contribution in [3.63, 3.8) is 0 Å². The molecule has 0 saturated heterocycles. The standard InChI is InChI=1S/C20H20ClF3N2O5S/c1-12(26-32(28,29)14-3-4-16(21)15(11-14)20(22,23)24)19(27)25-7-6-13-2-5-17-18(10-13)31-9-8-30-17/h2-5,10-12,26H,6-9H2,1H3,(H,25,27). The maximum Gasteiger partial charge on any atom is 0.417 e. The number of alkyl halides is 3. The molecule has 0 aromatic heterocycles. The number of ether oxygens (including phenoxy) is 2. The zero-order chi connectivity index (χ0) is 23.5. The number of hydrogen-bond donors (Lipinski definition) is 2. The summed E-state index contributed by atoms with van der Waals surface area (Å²) in [5.74, 6) is 0.626. The highest BCUT2D eigenvalue weighted by molar-refractivity contribution is 7.89. The van der Waals surface area contributed by atoms with Crippen molar-refractivity contribution < 1.29 is 35.9 Å². The highest BCUT2D eigenvalue weighted by Gasteiger charge is 2.35. The van der Waals surface area contributed by atoms with Crippen LogP contribution in [0, 0.1) is 0 Å². The number of sulfonamides is 1. The lowest BCUT2D eigenvalue weighted by Crippen LogP contribution is -2.45. The Kier molecular flexibility index (Phi) is 7.21. The molecule has 0 spiro atoms. The van der Waals surface area contributed by atoms with Crippen LogP contribution in [0.2, 0.25) is 5.02 Å². The van der Waals surface area contributed by atoms with Crippen LogP contribution in [0.3, 0.4) is 0 Å². The predicted octanol–water partition coefficient (Wildman–Crippen LogP) is 3.16. The first-order chi connectivity index (χ1) is 15.0. The van der Waals surface area contributed by atoms with E-state index in [1.165, 1.54) is 6.92 Å². The highest BCUT2D eigenvalue weighted by Crippen LogP contribution is 2.36. The lowest BCUT2D eigenvalue weighted by Gasteiger charge is -2.19. The van der Waals surface area contributed by atoms with Crippen molar-refractivity contribution in [2.24, 2.45) is 0 Å². The van der Waals surface area contributed by atoms with Gasteiger partial charge in [0.1, 0.15) is 13.2 Å². The largest absolute Gasteiger partial charge is 0.486 e. The van der Waals surface area contributed by atoms with Gasteiger partial charge in [0, 0.05) is 6.54 Å². The van der Waals surface area contributed by atoms with Crippen LogP contribution in [-0.4, -0.2) is 40.1 Å². The number of halogens is 4. The van der Waals surface area contributed by atoms with Gasteiger partial charge in [-0.05, 0) is 49.2 Å². The van der Waals surface area contributed by atoms with E-state index in [-0.39, 0.29) is 6.54 Å². The number of nitrogens with one attached hydrogen (secondary N) is 2. The minimum Gasteiger partial charge on any atom is -0.486 e. The summed E-state index contributed by atoms with van der Waals surface area (Å²) >= 11 is 5.52. The second-order valence-corrected chi connectivity index (χ2v) is 9.12. The van der Waals surface area contributed by atoms with E-state index >= 15 is 0 Å². The van der Waals surface area contributed by atoms with E-state index in [1.807, 2.05) is 6.07 Å². The zero-order valence-electron chi connectivity index (χ0n) is 16.8. The summed E-state index contributed by atoms with van der Waals surface area (Å²) in [5, 5.41) is 1.97. The minimum absolute atomic E-state index is 0.212. The number of carbonyl (C=O) groups is 1. The molecule has 2 aromatic rings. The van der Waals surface area contributed by atoms with Crippen LogP contribution >= 0.6 is 11.6 Å². The molecule has 0 saturated carbocycles. The molecule has 7 nitrogen and oxygen atoms in total. The number of benzene rings is 2. The highest BCUT2D eigenvalue weighted by atomic mass is 35.5. The molecule has 32 heavy (non-hydrogen) atoms. The third-order valence-electron chi connectivity index (χ3n) is 4.60. The van der Waals surface area contributed by atoms with E-state index < -0.39 is 43.6 Å². The van der Waals surface area contributed by atoms with Crippen LogP contribution in [0.25, 0.3) is 0 Å². The van der Waals surface area contributed by atoms with Gasteiger partial charge in [0.05, 0.1) is 21.5 Å². The second-order valence-electron chi connectivity index (χ2n) is 7.00. The smallest absolute Gasteiger partial charge is 0.417 e. The van der Waals surface area contributed by atoms with Gasteiger partial charge in [-0.2, -0.15) is 17.9 Å². The van der Waals surface area contributed by atoms with Crippen LogP contribution in [-0.2, 0) is 27.4 Å². The third-order valence-corrected chi connectivity index (χ3v) is 6.47. The zero-order valence-corrected chi connectivity index (χ0v) is 18.4. The van der Waals surface area contributed by atoms with E-state index in [0.717, 1.165) is 17.7 Å². The number of carbonyl (C=O) groups excluding carboxylic acids is 1. The molecule has 1 aliphatic rings. The fraction of sp³-hybridized carbons (Fsp3) is 0.350. The summed E-state index contributed by atoms with van der Waals surface area (Å²) in [4.78, 5) is 11.6. The summed E-state index contributed by atoms with van der Waals surface area (Å²) < 4.78 is 76.9. The van der Waals surface area contributed by atoms with Gasteiger partial charge in [-0.1, -0.05) is 17.7 Å². The minimum atomic E-state index is -4.82. The number of fused-ring (bicyclic) bond motifs is 1. The maximum absolute atomic E-state index is 13.0. The Morgan fingerprint density at radius 2 is 1.81 bits per heavy atom. The van der Waals surface area contributed by atoms with Crippen LogP contribution < -0.4 is 19.5 Å². The lowest BCUT2D eigenvalue weighted by molar-refractivity contribution is -0.137. The second kappa shape index (κ2) is 9.55. The number of hydrogen-bond acceptors (Lipinski definition) is 5. The molecule has 1 unspecified atom stereocenters. The molecular weight excluding hydrogens is 473 g/mol. The van der Waals surface area contributed by atoms with Gasteiger partial charge < -0.3 is 14.8 Å². The molecule has 2 N–H and O–H groups in total. The summed E-state index contributed by atoms with van der Waals surface area (Å²) in [6.45, 7) is 2.42. The SMILES string of the molecule is CC(NS(=O)(=O)c1ccc(Cl)c(C(F)(F)F)c1)C(=O)NCCc1ccc2c(c1)OCCO2. The number of amides is 1. The summed E-state index contributed by atoms with van der Waals surface area (Å²) in [5.41, 5.74) is -0.401. The normalized spacial score (nSPS) is 14.7. The molecule has 1 heterocycles. The Balaban J connectivity index is 1.58. The Labute approximate surface area is 187 Å². The van der Waals surface area contributed by atoms with Crippen molar-refractivity contribution in [3.05, 3.63) is 52.5 Å². The van der Waals surface area contributed by atoms with Crippen molar-refractivity contribution in [2.75, 3.05) is 19.8 Å². The molecule has 174 valence electrons. The van der Waals surface area contributed by atoms with Crippen LogP contribution in [0.1, 0.15) is 18.1 Å². The first-order valence-electron chi connectivity index (χ1n) is 9.53.